The van der Waals surface area contributed by atoms with E-state index in [0.717, 1.165) is 57.8 Å². The fourth-order valence-electron chi connectivity index (χ4n) is 2.71. The van der Waals surface area contributed by atoms with Gasteiger partial charge in [-0.15, -0.1) is 0 Å². The van der Waals surface area contributed by atoms with Crippen LogP contribution in [0.4, 0.5) is 0 Å². The lowest BCUT2D eigenvalue weighted by atomic mass is 9.90. The van der Waals surface area contributed by atoms with E-state index < -0.39 is 5.60 Å². The van der Waals surface area contributed by atoms with Crippen LogP contribution in [0, 0.1) is 5.92 Å². The second kappa shape index (κ2) is 12.9. The largest absolute Gasteiger partial charge is 0.460 e. The molecule has 1 unspecified atom stereocenters. The third kappa shape index (κ3) is 13.0. The Morgan fingerprint density at radius 3 is 2.08 bits per heavy atom. The number of carbonyl (C=O) groups excluding carboxylic acids is 1. The summed E-state index contributed by atoms with van der Waals surface area (Å²) in [5.41, 5.74) is -0.392. The molecule has 0 aromatic rings. The molecule has 0 heterocycles. The van der Waals surface area contributed by atoms with Crippen molar-refractivity contribution in [3.63, 3.8) is 0 Å². The lowest BCUT2D eigenvalue weighted by Gasteiger charge is -2.20. The van der Waals surface area contributed by atoms with Crippen LogP contribution in [0.15, 0.2) is 0 Å². The van der Waals surface area contributed by atoms with Crippen LogP contribution >= 0.6 is 24.4 Å². The van der Waals surface area contributed by atoms with Gasteiger partial charge in [0.2, 0.25) is 0 Å². The minimum atomic E-state index is -0.392. The lowest BCUT2D eigenvalue weighted by Crippen LogP contribution is -2.23. The van der Waals surface area contributed by atoms with Crippen LogP contribution in [0.2, 0.25) is 0 Å². The normalized spacial score (nSPS) is 12.7. The molecule has 0 rings (SSSR count). The van der Waals surface area contributed by atoms with Crippen LogP contribution in [0.25, 0.3) is 0 Å². The second-order valence-electron chi connectivity index (χ2n) is 7.57. The van der Waals surface area contributed by atoms with Crippen LogP contribution in [0.3, 0.4) is 0 Å². The summed E-state index contributed by atoms with van der Waals surface area (Å²) < 4.78 is 5.35. The number of hydrogen-bond donors (Lipinski definition) is 0. The summed E-state index contributed by atoms with van der Waals surface area (Å²) in [5.74, 6) is 0.368. The summed E-state index contributed by atoms with van der Waals surface area (Å²) >= 11 is 11.1. The Morgan fingerprint density at radius 2 is 1.54 bits per heavy atom. The molecule has 0 radical (unpaired) electrons. The molecule has 0 spiro atoms. The maximum absolute atomic E-state index is 11.8. The molecule has 140 valence electrons. The van der Waals surface area contributed by atoms with Gasteiger partial charge >= 0.3 is 5.97 Å². The molecule has 0 aliphatic carbocycles. The molecule has 0 aliphatic rings. The summed E-state index contributed by atoms with van der Waals surface area (Å²) in [7, 11) is 0. The van der Waals surface area contributed by atoms with Gasteiger partial charge in [0.25, 0.3) is 0 Å². The van der Waals surface area contributed by atoms with Gasteiger partial charge < -0.3 is 4.74 Å². The molecule has 0 saturated carbocycles. The van der Waals surface area contributed by atoms with Crippen LogP contribution in [-0.4, -0.2) is 21.3 Å². The van der Waals surface area contributed by atoms with Crippen molar-refractivity contribution in [2.45, 2.75) is 104 Å². The van der Waals surface area contributed by atoms with Crippen LogP contribution in [-0.2, 0) is 9.53 Å². The molecule has 0 amide bonds. The molecule has 0 fully saturated rings. The molecule has 0 bridgehead atoms. The van der Waals surface area contributed by atoms with Crippen LogP contribution in [0.1, 0.15) is 98.8 Å². The van der Waals surface area contributed by atoms with Crippen LogP contribution < -0.4 is 0 Å². The summed E-state index contributed by atoms with van der Waals surface area (Å²) in [6, 6.07) is 0. The first kappa shape index (κ1) is 23.6. The van der Waals surface area contributed by atoms with Crippen molar-refractivity contribution < 1.29 is 9.53 Å². The highest BCUT2D eigenvalue weighted by Crippen LogP contribution is 2.22. The van der Waals surface area contributed by atoms with Crippen molar-refractivity contribution in [1.82, 2.24) is 0 Å². The minimum Gasteiger partial charge on any atom is -0.460 e. The quantitative estimate of drug-likeness (QED) is 0.206. The highest BCUT2D eigenvalue weighted by Gasteiger charge is 2.17. The van der Waals surface area contributed by atoms with Gasteiger partial charge in [0, 0.05) is 6.42 Å². The third-order valence-electron chi connectivity index (χ3n) is 3.86. The summed E-state index contributed by atoms with van der Waals surface area (Å²) in [4.78, 5) is 14.1. The average molecular weight is 373 g/mol. The zero-order valence-electron chi connectivity index (χ0n) is 16.3. The van der Waals surface area contributed by atoms with Gasteiger partial charge in [-0.2, -0.15) is 0 Å². The third-order valence-corrected chi connectivity index (χ3v) is 4.80. The van der Waals surface area contributed by atoms with Crippen molar-refractivity contribution >= 4 is 40.1 Å². The zero-order valence-corrected chi connectivity index (χ0v) is 17.9. The van der Waals surface area contributed by atoms with E-state index in [0.29, 0.717) is 12.3 Å². The SMILES string of the molecule is CCCC(=S)CCC(CCCCC(=O)OC(C)(C)C)C(=S)CCC. The number of hydrogen-bond acceptors (Lipinski definition) is 4. The first-order valence-corrected chi connectivity index (χ1v) is 10.3. The van der Waals surface area contributed by atoms with Gasteiger partial charge in [0.05, 0.1) is 0 Å². The van der Waals surface area contributed by atoms with E-state index in [1.807, 2.05) is 20.8 Å². The Kier molecular flexibility index (Phi) is 12.7. The maximum Gasteiger partial charge on any atom is 0.306 e. The van der Waals surface area contributed by atoms with Crippen molar-refractivity contribution in [3.05, 3.63) is 0 Å². The molecule has 0 aromatic heterocycles. The maximum atomic E-state index is 11.8. The molecular weight excluding hydrogens is 336 g/mol. The van der Waals surface area contributed by atoms with E-state index in [2.05, 4.69) is 13.8 Å². The Balaban J connectivity index is 4.24. The molecular formula is C20H36O2S2. The summed E-state index contributed by atoms with van der Waals surface area (Å²) in [6.07, 6.45) is 9.83. The zero-order chi connectivity index (χ0) is 18.6. The monoisotopic (exact) mass is 372 g/mol. The van der Waals surface area contributed by atoms with E-state index >= 15 is 0 Å². The summed E-state index contributed by atoms with van der Waals surface area (Å²) in [5, 5.41) is 0. The summed E-state index contributed by atoms with van der Waals surface area (Å²) in [6.45, 7) is 10.1. The van der Waals surface area contributed by atoms with Gasteiger partial charge in [-0.1, -0.05) is 57.5 Å². The van der Waals surface area contributed by atoms with Crippen molar-refractivity contribution in [1.29, 1.82) is 0 Å². The van der Waals surface area contributed by atoms with E-state index in [-0.39, 0.29) is 5.97 Å². The van der Waals surface area contributed by atoms with Gasteiger partial charge in [-0.05, 0) is 74.9 Å². The molecule has 24 heavy (non-hydrogen) atoms. The smallest absolute Gasteiger partial charge is 0.306 e. The second-order valence-corrected chi connectivity index (χ2v) is 8.67. The molecule has 0 aromatic carbocycles. The van der Waals surface area contributed by atoms with Crippen LogP contribution in [0.5, 0.6) is 0 Å². The first-order chi connectivity index (χ1) is 11.2. The number of unbranched alkanes of at least 4 members (excludes halogenated alkanes) is 1. The number of carbonyl (C=O) groups is 1. The fourth-order valence-corrected chi connectivity index (χ4v) is 3.47. The fraction of sp³-hybridized carbons (Fsp3) is 0.850. The van der Waals surface area contributed by atoms with E-state index in [1.54, 1.807) is 0 Å². The highest BCUT2D eigenvalue weighted by molar-refractivity contribution is 7.80. The number of esters is 1. The Bertz CT molecular complexity index is 397. The molecule has 0 aliphatic heterocycles. The van der Waals surface area contributed by atoms with Gasteiger partial charge in [-0.3, -0.25) is 4.79 Å². The highest BCUT2D eigenvalue weighted by atomic mass is 32.1. The standard InChI is InChI=1S/C20H36O2S2/c1-6-10-17(23)15-14-16(18(24)11-7-2)12-8-9-13-19(21)22-20(3,4)5/h16H,6-15H2,1-5H3. The van der Waals surface area contributed by atoms with E-state index in [1.165, 1.54) is 9.73 Å². The molecule has 2 nitrogen and oxygen atoms in total. The first-order valence-electron chi connectivity index (χ1n) is 9.45. The van der Waals surface area contributed by atoms with E-state index in [9.17, 15) is 4.79 Å². The van der Waals surface area contributed by atoms with E-state index in [4.69, 9.17) is 29.2 Å². The minimum absolute atomic E-state index is 0.0979. The van der Waals surface area contributed by atoms with Crippen molar-refractivity contribution in [2.75, 3.05) is 0 Å². The Labute approximate surface area is 160 Å². The molecule has 0 saturated heterocycles. The number of rotatable bonds is 13. The Morgan fingerprint density at radius 1 is 0.917 bits per heavy atom. The molecule has 1 atom stereocenters. The Hall–Kier alpha value is -0.350. The number of thiocarbonyl (C=S) groups is 2. The van der Waals surface area contributed by atoms with Gasteiger partial charge in [-0.25, -0.2) is 0 Å². The molecule has 4 heteroatoms. The molecule has 0 N–H and O–H groups in total. The predicted molar refractivity (Wildman–Crippen MR) is 112 cm³/mol. The van der Waals surface area contributed by atoms with Gasteiger partial charge in [0.1, 0.15) is 5.60 Å². The van der Waals surface area contributed by atoms with Gasteiger partial charge in [0.15, 0.2) is 0 Å². The average Bonchev–Trinajstić information content (AvgIpc) is 2.45. The van der Waals surface area contributed by atoms with Crippen molar-refractivity contribution in [2.24, 2.45) is 5.92 Å². The predicted octanol–water partition coefficient (Wildman–Crippen LogP) is 6.62. The van der Waals surface area contributed by atoms with Crippen molar-refractivity contribution in [3.8, 4) is 0 Å². The lowest BCUT2D eigenvalue weighted by molar-refractivity contribution is -0.154. The topological polar surface area (TPSA) is 26.3 Å². The number of ether oxygens (including phenoxy) is 1.